The van der Waals surface area contributed by atoms with Gasteiger partial charge in [-0.3, -0.25) is 4.79 Å². The average Bonchev–Trinajstić information content (AvgIpc) is 3.56. The van der Waals surface area contributed by atoms with Crippen LogP contribution in [0.15, 0.2) is 48.5 Å². The van der Waals surface area contributed by atoms with Gasteiger partial charge in [-0.05, 0) is 41.0 Å². The number of hydrogen-bond donors (Lipinski definition) is 3. The van der Waals surface area contributed by atoms with Crippen LogP contribution in [-0.4, -0.2) is 41.8 Å². The van der Waals surface area contributed by atoms with Crippen LogP contribution in [0.5, 0.6) is 0 Å². The first kappa shape index (κ1) is 21.9. The molecule has 168 valence electrons. The van der Waals surface area contributed by atoms with Crippen molar-refractivity contribution < 1.29 is 24.2 Å². The van der Waals surface area contributed by atoms with Crippen LogP contribution < -0.4 is 10.6 Å². The summed E-state index contributed by atoms with van der Waals surface area (Å²) in [6, 6.07) is 14.3. The number of hydrogen-bond acceptors (Lipinski definition) is 4. The van der Waals surface area contributed by atoms with Gasteiger partial charge < -0.3 is 20.5 Å². The standard InChI is InChI=1S/C25H28N2O5/c1-2-21(23(28)26-22(24(29)30)13-15-11-12-15)27-25(31)32-14-20-18-9-5-3-7-16(18)17-8-4-6-10-19(17)20/h3-10,15,20-22H,2,11-14H2,1H3,(H,26,28)(H,27,31)(H,29,30)/t21-,22+/m1/s1. The number of amides is 2. The van der Waals surface area contributed by atoms with Gasteiger partial charge in [0.15, 0.2) is 0 Å². The summed E-state index contributed by atoms with van der Waals surface area (Å²) in [4.78, 5) is 36.5. The van der Waals surface area contributed by atoms with Gasteiger partial charge in [0.25, 0.3) is 0 Å². The predicted octanol–water partition coefficient (Wildman–Crippen LogP) is 3.67. The molecule has 0 bridgehead atoms. The van der Waals surface area contributed by atoms with E-state index in [1.165, 1.54) is 0 Å². The lowest BCUT2D eigenvalue weighted by Crippen LogP contribution is -2.51. The van der Waals surface area contributed by atoms with Gasteiger partial charge in [0.2, 0.25) is 5.91 Å². The van der Waals surface area contributed by atoms with Crippen molar-refractivity contribution in [3.63, 3.8) is 0 Å². The Bertz CT molecular complexity index is 971. The Morgan fingerprint density at radius 3 is 2.09 bits per heavy atom. The van der Waals surface area contributed by atoms with Gasteiger partial charge in [0.05, 0.1) is 0 Å². The normalized spacial score (nSPS) is 16.4. The molecule has 7 nitrogen and oxygen atoms in total. The van der Waals surface area contributed by atoms with Crippen molar-refractivity contribution in [3.8, 4) is 11.1 Å². The molecule has 2 aromatic carbocycles. The molecule has 0 unspecified atom stereocenters. The van der Waals surface area contributed by atoms with E-state index in [1.54, 1.807) is 6.92 Å². The Hall–Kier alpha value is -3.35. The van der Waals surface area contributed by atoms with Crippen molar-refractivity contribution in [3.05, 3.63) is 59.7 Å². The van der Waals surface area contributed by atoms with Crippen LogP contribution in [0.4, 0.5) is 4.79 Å². The van der Waals surface area contributed by atoms with Crippen LogP contribution in [-0.2, 0) is 14.3 Å². The van der Waals surface area contributed by atoms with E-state index >= 15 is 0 Å². The SMILES string of the molecule is CC[C@@H](NC(=O)OCC1c2ccccc2-c2ccccc21)C(=O)N[C@@H](CC1CC1)C(=O)O. The maximum atomic E-state index is 12.6. The van der Waals surface area contributed by atoms with Crippen molar-refractivity contribution >= 4 is 18.0 Å². The van der Waals surface area contributed by atoms with Gasteiger partial charge in [-0.1, -0.05) is 68.3 Å². The van der Waals surface area contributed by atoms with Gasteiger partial charge in [0, 0.05) is 5.92 Å². The maximum absolute atomic E-state index is 12.6. The van der Waals surface area contributed by atoms with E-state index in [0.29, 0.717) is 18.8 Å². The first-order valence-electron chi connectivity index (χ1n) is 11.1. The molecule has 0 spiro atoms. The third-order valence-electron chi connectivity index (χ3n) is 6.24. The Morgan fingerprint density at radius 1 is 0.969 bits per heavy atom. The maximum Gasteiger partial charge on any atom is 0.407 e. The van der Waals surface area contributed by atoms with Crippen molar-refractivity contribution in [1.82, 2.24) is 10.6 Å². The quantitative estimate of drug-likeness (QED) is 0.556. The summed E-state index contributed by atoms with van der Waals surface area (Å²) in [5.41, 5.74) is 4.49. The molecule has 0 aliphatic heterocycles. The lowest BCUT2D eigenvalue weighted by molar-refractivity contribution is -0.142. The molecule has 32 heavy (non-hydrogen) atoms. The highest BCUT2D eigenvalue weighted by Gasteiger charge is 2.33. The van der Waals surface area contributed by atoms with Crippen LogP contribution in [0.1, 0.15) is 49.7 Å². The second kappa shape index (κ2) is 9.42. The molecule has 1 fully saturated rings. The fourth-order valence-electron chi connectivity index (χ4n) is 4.32. The van der Waals surface area contributed by atoms with E-state index in [4.69, 9.17) is 4.74 Å². The number of alkyl carbamates (subject to hydrolysis) is 1. The number of carboxylic acids is 1. The van der Waals surface area contributed by atoms with E-state index in [1.807, 2.05) is 36.4 Å². The van der Waals surface area contributed by atoms with Gasteiger partial charge in [-0.2, -0.15) is 0 Å². The largest absolute Gasteiger partial charge is 0.480 e. The van der Waals surface area contributed by atoms with Crippen molar-refractivity contribution in [2.45, 2.75) is 50.6 Å². The zero-order valence-electron chi connectivity index (χ0n) is 18.0. The first-order valence-corrected chi connectivity index (χ1v) is 11.1. The number of nitrogens with one attached hydrogen (secondary N) is 2. The smallest absolute Gasteiger partial charge is 0.407 e. The van der Waals surface area contributed by atoms with E-state index < -0.39 is 30.1 Å². The minimum absolute atomic E-state index is 0.0722. The van der Waals surface area contributed by atoms with Crippen molar-refractivity contribution in [2.24, 2.45) is 5.92 Å². The Kier molecular flexibility index (Phi) is 6.44. The number of fused-ring (bicyclic) bond motifs is 3. The van der Waals surface area contributed by atoms with E-state index in [9.17, 15) is 19.5 Å². The fourth-order valence-corrected chi connectivity index (χ4v) is 4.32. The number of aliphatic carboxylic acids is 1. The molecule has 2 aliphatic carbocycles. The summed E-state index contributed by atoms with van der Waals surface area (Å²) in [5.74, 6) is -1.28. The number of carbonyl (C=O) groups is 3. The minimum atomic E-state index is -1.05. The summed E-state index contributed by atoms with van der Waals surface area (Å²) in [7, 11) is 0. The molecular formula is C25H28N2O5. The molecule has 2 aromatic rings. The molecule has 0 heterocycles. The number of ether oxygens (including phenoxy) is 1. The molecule has 2 amide bonds. The molecule has 0 radical (unpaired) electrons. The lowest BCUT2D eigenvalue weighted by Gasteiger charge is -2.21. The molecule has 2 aliphatic rings. The number of rotatable bonds is 9. The Labute approximate surface area is 187 Å². The molecule has 7 heteroatoms. The lowest BCUT2D eigenvalue weighted by atomic mass is 9.98. The molecule has 4 rings (SSSR count). The second-order valence-electron chi connectivity index (χ2n) is 8.51. The van der Waals surface area contributed by atoms with E-state index in [2.05, 4.69) is 22.8 Å². The monoisotopic (exact) mass is 436 g/mol. The zero-order valence-corrected chi connectivity index (χ0v) is 18.0. The van der Waals surface area contributed by atoms with Gasteiger partial charge in [-0.25, -0.2) is 9.59 Å². The Morgan fingerprint density at radius 2 is 1.56 bits per heavy atom. The third kappa shape index (κ3) is 4.77. The molecule has 0 saturated heterocycles. The highest BCUT2D eigenvalue weighted by Crippen LogP contribution is 2.44. The fraction of sp³-hybridized carbons (Fsp3) is 0.400. The molecule has 3 N–H and O–H groups in total. The number of carboxylic acid groups (broad SMARTS) is 1. The van der Waals surface area contributed by atoms with Crippen LogP contribution in [0.2, 0.25) is 0 Å². The van der Waals surface area contributed by atoms with E-state index in [-0.39, 0.29) is 12.5 Å². The highest BCUT2D eigenvalue weighted by atomic mass is 16.5. The molecule has 2 atom stereocenters. The van der Waals surface area contributed by atoms with Gasteiger partial charge in [-0.15, -0.1) is 0 Å². The number of benzene rings is 2. The highest BCUT2D eigenvalue weighted by molar-refractivity contribution is 5.89. The molecule has 0 aromatic heterocycles. The summed E-state index contributed by atoms with van der Waals surface area (Å²) in [5, 5.41) is 14.5. The number of carbonyl (C=O) groups excluding carboxylic acids is 2. The third-order valence-corrected chi connectivity index (χ3v) is 6.24. The summed E-state index contributed by atoms with van der Waals surface area (Å²) in [6.07, 6.45) is 2.04. The minimum Gasteiger partial charge on any atom is -0.480 e. The second-order valence-corrected chi connectivity index (χ2v) is 8.51. The molecule has 1 saturated carbocycles. The van der Waals surface area contributed by atoms with Crippen molar-refractivity contribution in [2.75, 3.05) is 6.61 Å². The topological polar surface area (TPSA) is 105 Å². The predicted molar refractivity (Wildman–Crippen MR) is 119 cm³/mol. The van der Waals surface area contributed by atoms with Crippen LogP contribution >= 0.6 is 0 Å². The summed E-state index contributed by atoms with van der Waals surface area (Å²) in [6.45, 7) is 1.90. The summed E-state index contributed by atoms with van der Waals surface area (Å²) < 4.78 is 5.50. The first-order chi connectivity index (χ1) is 15.5. The van der Waals surface area contributed by atoms with Crippen LogP contribution in [0.25, 0.3) is 11.1 Å². The average molecular weight is 437 g/mol. The van der Waals surface area contributed by atoms with Gasteiger partial charge >= 0.3 is 12.1 Å². The van der Waals surface area contributed by atoms with Crippen LogP contribution in [0, 0.1) is 5.92 Å². The Balaban J connectivity index is 1.35. The zero-order chi connectivity index (χ0) is 22.7. The molecular weight excluding hydrogens is 408 g/mol. The van der Waals surface area contributed by atoms with Crippen molar-refractivity contribution in [1.29, 1.82) is 0 Å². The van der Waals surface area contributed by atoms with Crippen LogP contribution in [0.3, 0.4) is 0 Å². The summed E-state index contributed by atoms with van der Waals surface area (Å²) >= 11 is 0. The van der Waals surface area contributed by atoms with E-state index in [0.717, 1.165) is 35.1 Å². The van der Waals surface area contributed by atoms with Gasteiger partial charge in [0.1, 0.15) is 18.7 Å².